The minimum absolute atomic E-state index is 0.596. The topological polar surface area (TPSA) is 64.9 Å². The van der Waals surface area contributed by atoms with Gasteiger partial charge in [0.1, 0.15) is 0 Å². The lowest BCUT2D eigenvalue weighted by molar-refractivity contribution is 0.345. The first-order valence-electron chi connectivity index (χ1n) is 6.58. The third-order valence-corrected chi connectivity index (χ3v) is 4.52. The zero-order valence-corrected chi connectivity index (χ0v) is 11.5. The van der Waals surface area contributed by atoms with Gasteiger partial charge in [0.25, 0.3) is 0 Å². The summed E-state index contributed by atoms with van der Waals surface area (Å²) >= 11 is 2.03. The van der Waals surface area contributed by atoms with Crippen LogP contribution in [-0.2, 0) is 6.42 Å². The van der Waals surface area contributed by atoms with Gasteiger partial charge in [-0.1, -0.05) is 17.3 Å². The standard InChI is InChI=1S/C14H17N3OS/c15-12-4-2-1-3-11(12)14-16-13(18-17-14)9-10-5-7-19-8-6-10/h1-4,10H,5-9,15H2. The van der Waals surface area contributed by atoms with Crippen molar-refractivity contribution in [2.24, 2.45) is 5.92 Å². The van der Waals surface area contributed by atoms with E-state index < -0.39 is 0 Å². The van der Waals surface area contributed by atoms with Crippen LogP contribution in [-0.4, -0.2) is 21.6 Å². The Hall–Kier alpha value is -1.49. The van der Waals surface area contributed by atoms with Gasteiger partial charge in [0.05, 0.1) is 0 Å². The molecule has 1 aliphatic heterocycles. The van der Waals surface area contributed by atoms with Crippen LogP contribution in [0.3, 0.4) is 0 Å². The van der Waals surface area contributed by atoms with E-state index in [1.165, 1.54) is 24.3 Å². The highest BCUT2D eigenvalue weighted by atomic mass is 32.2. The summed E-state index contributed by atoms with van der Waals surface area (Å²) in [6.45, 7) is 0. The number of benzene rings is 1. The number of nitrogens with two attached hydrogens (primary N) is 1. The van der Waals surface area contributed by atoms with Crippen LogP contribution in [0.5, 0.6) is 0 Å². The number of hydrogen-bond donors (Lipinski definition) is 1. The maximum absolute atomic E-state index is 5.92. The van der Waals surface area contributed by atoms with E-state index in [0.717, 1.165) is 17.9 Å². The van der Waals surface area contributed by atoms with Gasteiger partial charge >= 0.3 is 0 Å². The van der Waals surface area contributed by atoms with Gasteiger partial charge in [0, 0.05) is 17.7 Å². The Kier molecular flexibility index (Phi) is 3.73. The molecule has 1 fully saturated rings. The molecule has 0 atom stereocenters. The van der Waals surface area contributed by atoms with Gasteiger partial charge in [-0.05, 0) is 42.4 Å². The average molecular weight is 275 g/mol. The summed E-state index contributed by atoms with van der Waals surface area (Å²) in [6.07, 6.45) is 3.38. The van der Waals surface area contributed by atoms with Gasteiger partial charge < -0.3 is 10.3 Å². The van der Waals surface area contributed by atoms with Gasteiger partial charge in [-0.25, -0.2) is 0 Å². The van der Waals surface area contributed by atoms with Gasteiger partial charge in [-0.15, -0.1) is 0 Å². The minimum Gasteiger partial charge on any atom is -0.398 e. The quantitative estimate of drug-likeness (QED) is 0.872. The predicted octanol–water partition coefficient (Wildman–Crippen LogP) is 3.00. The van der Waals surface area contributed by atoms with Crippen molar-refractivity contribution >= 4 is 17.4 Å². The van der Waals surface area contributed by atoms with E-state index in [2.05, 4.69) is 10.1 Å². The summed E-state index contributed by atoms with van der Waals surface area (Å²) in [7, 11) is 0. The molecule has 0 aliphatic carbocycles. The van der Waals surface area contributed by atoms with Gasteiger partial charge in [0.15, 0.2) is 0 Å². The maximum atomic E-state index is 5.92. The van der Waals surface area contributed by atoms with Crippen LogP contribution in [0.15, 0.2) is 28.8 Å². The molecule has 3 rings (SSSR count). The number of aromatic nitrogens is 2. The lowest BCUT2D eigenvalue weighted by Crippen LogP contribution is -2.12. The van der Waals surface area contributed by atoms with E-state index in [1.807, 2.05) is 36.0 Å². The first kappa shape index (κ1) is 12.5. The van der Waals surface area contributed by atoms with E-state index in [0.29, 0.717) is 17.4 Å². The summed E-state index contributed by atoms with van der Waals surface area (Å²) in [5, 5.41) is 4.04. The third-order valence-electron chi connectivity index (χ3n) is 3.47. The molecular weight excluding hydrogens is 258 g/mol. The smallest absolute Gasteiger partial charge is 0.227 e. The van der Waals surface area contributed by atoms with E-state index in [-0.39, 0.29) is 0 Å². The molecule has 0 radical (unpaired) electrons. The Labute approximate surface area is 116 Å². The van der Waals surface area contributed by atoms with Crippen molar-refractivity contribution in [2.75, 3.05) is 17.2 Å². The number of rotatable bonds is 3. The Balaban J connectivity index is 1.74. The Morgan fingerprint density at radius 1 is 1.26 bits per heavy atom. The highest BCUT2D eigenvalue weighted by Crippen LogP contribution is 2.27. The number of thioether (sulfide) groups is 1. The van der Waals surface area contributed by atoms with Crippen LogP contribution in [0, 0.1) is 5.92 Å². The molecular formula is C14H17N3OS. The average Bonchev–Trinajstić information content (AvgIpc) is 2.89. The molecule has 0 amide bonds. The van der Waals surface area contributed by atoms with Crippen LogP contribution in [0.25, 0.3) is 11.4 Å². The number of para-hydroxylation sites is 1. The normalized spacial score (nSPS) is 16.6. The summed E-state index contributed by atoms with van der Waals surface area (Å²) in [5.41, 5.74) is 7.45. The second kappa shape index (κ2) is 5.65. The lowest BCUT2D eigenvalue weighted by Gasteiger charge is -2.19. The molecule has 0 bridgehead atoms. The number of anilines is 1. The molecule has 1 aromatic carbocycles. The SMILES string of the molecule is Nc1ccccc1-c1noc(CC2CCSCC2)n1. The van der Waals surface area contributed by atoms with Crippen molar-refractivity contribution in [2.45, 2.75) is 19.3 Å². The van der Waals surface area contributed by atoms with Crippen LogP contribution in [0.4, 0.5) is 5.69 Å². The fraction of sp³-hybridized carbons (Fsp3) is 0.429. The molecule has 2 heterocycles. The third kappa shape index (κ3) is 2.92. The van der Waals surface area contributed by atoms with Crippen molar-refractivity contribution < 1.29 is 4.52 Å². The van der Waals surface area contributed by atoms with Crippen LogP contribution >= 0.6 is 11.8 Å². The minimum atomic E-state index is 0.596. The molecule has 1 aromatic heterocycles. The number of hydrogen-bond acceptors (Lipinski definition) is 5. The molecule has 1 aliphatic rings. The van der Waals surface area contributed by atoms with Crippen molar-refractivity contribution in [1.29, 1.82) is 0 Å². The molecule has 0 unspecified atom stereocenters. The second-order valence-corrected chi connectivity index (χ2v) is 6.08. The molecule has 5 heteroatoms. The predicted molar refractivity (Wildman–Crippen MR) is 77.9 cm³/mol. The first-order chi connectivity index (χ1) is 9.33. The fourth-order valence-electron chi connectivity index (χ4n) is 2.35. The molecule has 0 spiro atoms. The summed E-state index contributed by atoms with van der Waals surface area (Å²) in [6, 6.07) is 7.60. The fourth-order valence-corrected chi connectivity index (χ4v) is 3.55. The van der Waals surface area contributed by atoms with Crippen molar-refractivity contribution in [3.63, 3.8) is 0 Å². The Morgan fingerprint density at radius 3 is 2.84 bits per heavy atom. The summed E-state index contributed by atoms with van der Waals surface area (Å²) < 4.78 is 5.35. The monoisotopic (exact) mass is 275 g/mol. The summed E-state index contributed by atoms with van der Waals surface area (Å²) in [5.74, 6) is 4.50. The maximum Gasteiger partial charge on any atom is 0.227 e. The zero-order chi connectivity index (χ0) is 13.1. The van der Waals surface area contributed by atoms with E-state index in [9.17, 15) is 0 Å². The summed E-state index contributed by atoms with van der Waals surface area (Å²) in [4.78, 5) is 4.47. The molecule has 0 saturated carbocycles. The van der Waals surface area contributed by atoms with E-state index >= 15 is 0 Å². The van der Waals surface area contributed by atoms with Gasteiger partial charge in [0.2, 0.25) is 11.7 Å². The van der Waals surface area contributed by atoms with Crippen LogP contribution in [0.2, 0.25) is 0 Å². The molecule has 1 saturated heterocycles. The highest BCUT2D eigenvalue weighted by Gasteiger charge is 2.18. The number of nitrogens with zero attached hydrogens (tertiary/aromatic N) is 2. The van der Waals surface area contributed by atoms with Crippen molar-refractivity contribution in [3.05, 3.63) is 30.2 Å². The highest BCUT2D eigenvalue weighted by molar-refractivity contribution is 7.99. The lowest BCUT2D eigenvalue weighted by atomic mass is 9.99. The van der Waals surface area contributed by atoms with Gasteiger partial charge in [-0.3, -0.25) is 0 Å². The van der Waals surface area contributed by atoms with Crippen molar-refractivity contribution in [1.82, 2.24) is 10.1 Å². The van der Waals surface area contributed by atoms with E-state index in [1.54, 1.807) is 0 Å². The largest absolute Gasteiger partial charge is 0.398 e. The molecule has 100 valence electrons. The first-order valence-corrected chi connectivity index (χ1v) is 7.73. The number of nitrogen functional groups attached to an aromatic ring is 1. The molecule has 2 N–H and O–H groups in total. The zero-order valence-electron chi connectivity index (χ0n) is 10.7. The van der Waals surface area contributed by atoms with Gasteiger partial charge in [-0.2, -0.15) is 16.7 Å². The Morgan fingerprint density at radius 2 is 2.05 bits per heavy atom. The second-order valence-electron chi connectivity index (χ2n) is 4.86. The van der Waals surface area contributed by atoms with Crippen molar-refractivity contribution in [3.8, 4) is 11.4 Å². The van der Waals surface area contributed by atoms with E-state index in [4.69, 9.17) is 10.3 Å². The van der Waals surface area contributed by atoms with Crippen LogP contribution < -0.4 is 5.73 Å². The Bertz CT molecular complexity index is 549. The molecule has 2 aromatic rings. The molecule has 4 nitrogen and oxygen atoms in total. The van der Waals surface area contributed by atoms with Crippen LogP contribution in [0.1, 0.15) is 18.7 Å². The molecule has 19 heavy (non-hydrogen) atoms.